The summed E-state index contributed by atoms with van der Waals surface area (Å²) in [7, 11) is 5.05. The molecule has 0 bridgehead atoms. The highest BCUT2D eigenvalue weighted by Gasteiger charge is 2.29. The maximum atomic E-state index is 11.7. The summed E-state index contributed by atoms with van der Waals surface area (Å²) in [5.41, 5.74) is 2.72. The zero-order chi connectivity index (χ0) is 17.1. The Morgan fingerprint density at radius 1 is 1.17 bits per heavy atom. The van der Waals surface area contributed by atoms with Crippen molar-refractivity contribution < 1.29 is 14.3 Å². The first-order valence-corrected chi connectivity index (χ1v) is 7.65. The molecule has 5 nitrogen and oxygen atoms in total. The monoisotopic (exact) mass is 324 g/mol. The third-order valence-corrected chi connectivity index (χ3v) is 4.13. The van der Waals surface area contributed by atoms with Crippen LogP contribution in [0.1, 0.15) is 5.56 Å². The molecule has 1 aromatic rings. The highest BCUT2D eigenvalue weighted by molar-refractivity contribution is 5.91. The van der Waals surface area contributed by atoms with Gasteiger partial charge in [0, 0.05) is 19.4 Å². The van der Waals surface area contributed by atoms with E-state index >= 15 is 0 Å². The number of esters is 1. The van der Waals surface area contributed by atoms with Gasteiger partial charge >= 0.3 is 5.97 Å². The van der Waals surface area contributed by atoms with E-state index in [1.807, 2.05) is 49.8 Å². The Morgan fingerprint density at radius 2 is 1.92 bits per heavy atom. The Bertz CT molecular complexity index is 744. The number of nitrogens with zero attached hydrogens (tertiary/aromatic N) is 2. The van der Waals surface area contributed by atoms with Gasteiger partial charge in [0.25, 0.3) is 0 Å². The first-order chi connectivity index (χ1) is 11.6. The Hall–Kier alpha value is -2.95. The van der Waals surface area contributed by atoms with E-state index in [0.717, 1.165) is 17.0 Å². The van der Waals surface area contributed by atoms with E-state index in [9.17, 15) is 4.79 Å². The van der Waals surface area contributed by atoms with Gasteiger partial charge in [-0.2, -0.15) is 0 Å². The van der Waals surface area contributed by atoms with Crippen LogP contribution in [0.4, 0.5) is 0 Å². The summed E-state index contributed by atoms with van der Waals surface area (Å²) in [6.45, 7) is 0. The maximum absolute atomic E-state index is 11.7. The van der Waals surface area contributed by atoms with Crippen LogP contribution in [0.25, 0.3) is 6.08 Å². The smallest absolute Gasteiger partial charge is 0.337 e. The number of benzene rings is 1. The molecule has 0 radical (unpaired) electrons. The number of allylic oxidation sites excluding steroid dienone is 1. The van der Waals surface area contributed by atoms with E-state index in [2.05, 4.69) is 22.0 Å². The molecule has 124 valence electrons. The van der Waals surface area contributed by atoms with E-state index in [0.29, 0.717) is 5.57 Å². The first-order valence-electron chi connectivity index (χ1n) is 7.65. The van der Waals surface area contributed by atoms with Gasteiger partial charge in [-0.3, -0.25) is 0 Å². The minimum atomic E-state index is -0.318. The summed E-state index contributed by atoms with van der Waals surface area (Å²) in [6, 6.07) is 7.88. The highest BCUT2D eigenvalue weighted by atomic mass is 16.5. The number of hydrogen-bond donors (Lipinski definition) is 0. The molecule has 0 N–H and O–H groups in total. The fourth-order valence-electron chi connectivity index (χ4n) is 2.70. The van der Waals surface area contributed by atoms with Crippen molar-refractivity contribution in [2.75, 3.05) is 21.3 Å². The molecule has 24 heavy (non-hydrogen) atoms. The molecular formula is C19H20N2O3. The van der Waals surface area contributed by atoms with Crippen molar-refractivity contribution in [1.29, 1.82) is 0 Å². The molecule has 3 rings (SSSR count). The molecule has 2 aliphatic heterocycles. The van der Waals surface area contributed by atoms with Crippen molar-refractivity contribution >= 4 is 12.0 Å². The van der Waals surface area contributed by atoms with Gasteiger partial charge in [-0.05, 0) is 35.9 Å². The van der Waals surface area contributed by atoms with Gasteiger partial charge in [0.2, 0.25) is 0 Å². The van der Waals surface area contributed by atoms with Crippen molar-refractivity contribution in [1.82, 2.24) is 9.80 Å². The zero-order valence-corrected chi connectivity index (χ0v) is 14.0. The van der Waals surface area contributed by atoms with E-state index in [1.165, 1.54) is 7.11 Å². The summed E-state index contributed by atoms with van der Waals surface area (Å²) >= 11 is 0. The van der Waals surface area contributed by atoms with Crippen LogP contribution < -0.4 is 4.74 Å². The Morgan fingerprint density at radius 3 is 2.58 bits per heavy atom. The average Bonchev–Trinajstić information content (AvgIpc) is 2.95. The Labute approximate surface area is 141 Å². The summed E-state index contributed by atoms with van der Waals surface area (Å²) in [6.07, 6.45) is 11.7. The quantitative estimate of drug-likeness (QED) is 0.797. The van der Waals surface area contributed by atoms with Gasteiger partial charge in [-0.1, -0.05) is 18.2 Å². The molecule has 0 fully saturated rings. The molecule has 1 atom stereocenters. The average molecular weight is 324 g/mol. The number of ether oxygens (including phenoxy) is 2. The number of rotatable bonds is 4. The van der Waals surface area contributed by atoms with E-state index in [-0.39, 0.29) is 12.1 Å². The van der Waals surface area contributed by atoms with Crippen LogP contribution in [0.2, 0.25) is 0 Å². The number of carbonyl (C=O) groups is 1. The lowest BCUT2D eigenvalue weighted by molar-refractivity contribution is -0.135. The topological polar surface area (TPSA) is 42.0 Å². The molecule has 5 heteroatoms. The van der Waals surface area contributed by atoms with Crippen LogP contribution in [-0.2, 0) is 9.53 Å². The van der Waals surface area contributed by atoms with E-state index in [1.54, 1.807) is 13.2 Å². The van der Waals surface area contributed by atoms with Gasteiger partial charge in [0.05, 0.1) is 25.5 Å². The van der Waals surface area contributed by atoms with Crippen molar-refractivity contribution in [2.45, 2.75) is 6.17 Å². The molecule has 0 amide bonds. The number of methoxy groups -OCH3 is 2. The van der Waals surface area contributed by atoms with Gasteiger partial charge in [0.15, 0.2) is 0 Å². The summed E-state index contributed by atoms with van der Waals surface area (Å²) in [4.78, 5) is 15.8. The fraction of sp³-hybridized carbons (Fsp3) is 0.211. The normalized spacial score (nSPS) is 19.2. The number of fused-ring (bicyclic) bond motifs is 1. The molecule has 0 saturated heterocycles. The van der Waals surface area contributed by atoms with Crippen LogP contribution in [0.3, 0.4) is 0 Å². The third-order valence-electron chi connectivity index (χ3n) is 4.13. The molecule has 1 unspecified atom stereocenters. The lowest BCUT2D eigenvalue weighted by Crippen LogP contribution is -2.35. The first kappa shape index (κ1) is 15.9. The van der Waals surface area contributed by atoms with Crippen LogP contribution in [0.15, 0.2) is 66.2 Å². The lowest BCUT2D eigenvalue weighted by atomic mass is 10.1. The predicted molar refractivity (Wildman–Crippen MR) is 92.7 cm³/mol. The fourth-order valence-corrected chi connectivity index (χ4v) is 2.70. The SMILES string of the molecule is COC(=O)C1=CC2N(C=C1)C=C(/C=C/c1ccc(OC)cc1)N2C. The number of carbonyl (C=O) groups excluding carboxylic acids is 1. The highest BCUT2D eigenvalue weighted by Crippen LogP contribution is 2.28. The second-order valence-electron chi connectivity index (χ2n) is 5.56. The number of hydrogen-bond acceptors (Lipinski definition) is 5. The minimum absolute atomic E-state index is 0.0142. The van der Waals surface area contributed by atoms with Crippen molar-refractivity contribution in [3.8, 4) is 5.75 Å². The second kappa shape index (κ2) is 6.66. The van der Waals surface area contributed by atoms with Crippen molar-refractivity contribution in [3.05, 3.63) is 71.7 Å². The van der Waals surface area contributed by atoms with Crippen LogP contribution in [0.5, 0.6) is 5.75 Å². The van der Waals surface area contributed by atoms with Crippen molar-refractivity contribution in [3.63, 3.8) is 0 Å². The summed E-state index contributed by atoms with van der Waals surface area (Å²) in [5.74, 6) is 0.522. The van der Waals surface area contributed by atoms with Gasteiger partial charge in [0.1, 0.15) is 11.9 Å². The molecule has 2 aliphatic rings. The lowest BCUT2D eigenvalue weighted by Gasteiger charge is -2.29. The van der Waals surface area contributed by atoms with Crippen molar-refractivity contribution in [2.24, 2.45) is 0 Å². The summed E-state index contributed by atoms with van der Waals surface area (Å²) < 4.78 is 9.95. The molecule has 1 aromatic carbocycles. The van der Waals surface area contributed by atoms with Crippen LogP contribution in [0, 0.1) is 0 Å². The molecule has 0 spiro atoms. The molecular weight excluding hydrogens is 304 g/mol. The summed E-state index contributed by atoms with van der Waals surface area (Å²) in [5, 5.41) is 0. The standard InChI is InChI=1S/C19H20N2O3/c1-20-16(7-4-14-5-8-17(23-2)9-6-14)13-21-11-10-15(12-18(20)21)19(22)24-3/h4-13,18H,1-3H3/b7-4+. The molecule has 2 heterocycles. The molecule has 0 aliphatic carbocycles. The van der Waals surface area contributed by atoms with E-state index in [4.69, 9.17) is 9.47 Å². The largest absolute Gasteiger partial charge is 0.497 e. The van der Waals surface area contributed by atoms with Gasteiger partial charge in [-0.25, -0.2) is 4.79 Å². The van der Waals surface area contributed by atoms with E-state index < -0.39 is 0 Å². The van der Waals surface area contributed by atoms with Crippen LogP contribution in [-0.4, -0.2) is 43.2 Å². The minimum Gasteiger partial charge on any atom is -0.497 e. The molecule has 0 aromatic heterocycles. The van der Waals surface area contributed by atoms with Gasteiger partial charge in [-0.15, -0.1) is 0 Å². The number of likely N-dealkylation sites (N-methyl/N-ethyl adjacent to an activating group) is 1. The maximum Gasteiger partial charge on any atom is 0.337 e. The zero-order valence-electron chi connectivity index (χ0n) is 14.0. The molecule has 0 saturated carbocycles. The third kappa shape index (κ3) is 3.06. The predicted octanol–water partition coefficient (Wildman–Crippen LogP) is 2.75. The Kier molecular flexibility index (Phi) is 4.42. The van der Waals surface area contributed by atoms with Crippen LogP contribution >= 0.6 is 0 Å². The second-order valence-corrected chi connectivity index (χ2v) is 5.56. The Balaban J connectivity index is 1.74. The van der Waals surface area contributed by atoms with Gasteiger partial charge < -0.3 is 19.3 Å².